The lowest BCUT2D eigenvalue weighted by Crippen LogP contribution is -2.47. The first-order chi connectivity index (χ1) is 13.7. The summed E-state index contributed by atoms with van der Waals surface area (Å²) in [4.78, 5) is 27.8. The van der Waals surface area contributed by atoms with Gasteiger partial charge in [-0.05, 0) is 31.0 Å². The fourth-order valence-corrected chi connectivity index (χ4v) is 3.87. The summed E-state index contributed by atoms with van der Waals surface area (Å²) in [7, 11) is 1.62. The number of para-hydroxylation sites is 2. The zero-order valence-electron chi connectivity index (χ0n) is 16.6. The van der Waals surface area contributed by atoms with E-state index in [0.29, 0.717) is 25.1 Å². The van der Waals surface area contributed by atoms with Crippen LogP contribution in [0.1, 0.15) is 44.2 Å². The molecule has 5 heteroatoms. The average Bonchev–Trinajstić information content (AvgIpc) is 2.73. The number of hydrogen-bond acceptors (Lipinski definition) is 3. The third-order valence-corrected chi connectivity index (χ3v) is 5.29. The highest BCUT2D eigenvalue weighted by molar-refractivity contribution is 5.94. The lowest BCUT2D eigenvalue weighted by Gasteiger charge is -2.41. The van der Waals surface area contributed by atoms with Gasteiger partial charge in [-0.3, -0.25) is 9.59 Å². The summed E-state index contributed by atoms with van der Waals surface area (Å²) in [5.41, 5.74) is 1.66. The van der Waals surface area contributed by atoms with Crippen LogP contribution in [0.3, 0.4) is 0 Å². The first-order valence-electron chi connectivity index (χ1n) is 9.94. The zero-order valence-corrected chi connectivity index (χ0v) is 16.6. The van der Waals surface area contributed by atoms with Crippen LogP contribution in [0.25, 0.3) is 0 Å². The Labute approximate surface area is 166 Å². The van der Waals surface area contributed by atoms with E-state index in [-0.39, 0.29) is 23.8 Å². The highest BCUT2D eigenvalue weighted by atomic mass is 16.5. The van der Waals surface area contributed by atoms with Crippen molar-refractivity contribution in [2.45, 2.75) is 38.6 Å². The van der Waals surface area contributed by atoms with Crippen molar-refractivity contribution in [3.8, 4) is 5.75 Å². The maximum Gasteiger partial charge on any atom is 0.229 e. The van der Waals surface area contributed by atoms with E-state index in [1.807, 2.05) is 59.5 Å². The molecule has 0 aliphatic carbocycles. The average molecular weight is 380 g/mol. The number of carbonyl (C=O) groups is 2. The molecular weight excluding hydrogens is 352 g/mol. The predicted molar refractivity (Wildman–Crippen MR) is 110 cm³/mol. The molecular formula is C23H28N2O3. The second kappa shape index (κ2) is 9.40. The predicted octanol–water partition coefficient (Wildman–Crippen LogP) is 4.41. The number of benzene rings is 2. The van der Waals surface area contributed by atoms with Gasteiger partial charge in [-0.1, -0.05) is 49.7 Å². The van der Waals surface area contributed by atoms with Crippen LogP contribution in [0, 0.1) is 5.92 Å². The number of nitrogens with zero attached hydrogens (tertiary/aromatic N) is 1. The monoisotopic (exact) mass is 380 g/mol. The number of carbonyl (C=O) groups excluding carboxylic acids is 2. The van der Waals surface area contributed by atoms with Crippen molar-refractivity contribution in [2.75, 3.05) is 19.0 Å². The molecule has 1 aliphatic rings. The van der Waals surface area contributed by atoms with Crippen molar-refractivity contribution in [3.63, 3.8) is 0 Å². The van der Waals surface area contributed by atoms with E-state index in [1.165, 1.54) is 0 Å². The molecule has 0 bridgehead atoms. The van der Waals surface area contributed by atoms with Gasteiger partial charge in [0.25, 0.3) is 0 Å². The highest BCUT2D eigenvalue weighted by Crippen LogP contribution is 2.41. The molecule has 1 heterocycles. The second-order valence-electron chi connectivity index (χ2n) is 7.13. The fourth-order valence-electron chi connectivity index (χ4n) is 3.87. The fraction of sp³-hybridized carbons (Fsp3) is 0.391. The number of nitrogens with one attached hydrogen (secondary N) is 1. The van der Waals surface area contributed by atoms with Gasteiger partial charge < -0.3 is 15.0 Å². The number of amides is 2. The molecule has 0 radical (unpaired) electrons. The minimum absolute atomic E-state index is 0.0592. The summed E-state index contributed by atoms with van der Waals surface area (Å²) in [6.07, 6.45) is 2.82. The molecule has 1 saturated heterocycles. The number of piperidine rings is 1. The third kappa shape index (κ3) is 4.35. The van der Waals surface area contributed by atoms with Crippen molar-refractivity contribution in [1.29, 1.82) is 0 Å². The molecule has 1 fully saturated rings. The van der Waals surface area contributed by atoms with Gasteiger partial charge in [-0.15, -0.1) is 0 Å². The molecule has 0 unspecified atom stereocenters. The van der Waals surface area contributed by atoms with Gasteiger partial charge in [-0.25, -0.2) is 0 Å². The van der Waals surface area contributed by atoms with Gasteiger partial charge in [0.05, 0.1) is 19.1 Å². The van der Waals surface area contributed by atoms with E-state index in [9.17, 15) is 9.59 Å². The van der Waals surface area contributed by atoms with Crippen LogP contribution >= 0.6 is 0 Å². The highest BCUT2D eigenvalue weighted by Gasteiger charge is 2.41. The Hall–Kier alpha value is -2.82. The van der Waals surface area contributed by atoms with E-state index < -0.39 is 0 Å². The summed E-state index contributed by atoms with van der Waals surface area (Å²) in [5, 5.41) is 3.02. The molecule has 2 aromatic carbocycles. The second-order valence-corrected chi connectivity index (χ2v) is 7.13. The molecule has 3 rings (SSSR count). The SMILES string of the molecule is CCCCN1C(=O)CC[C@@H](C(=O)Nc2ccccc2)[C@H]1c1ccccc1OC. The Bertz CT molecular complexity index is 807. The summed E-state index contributed by atoms with van der Waals surface area (Å²) in [6, 6.07) is 16.8. The molecule has 1 aliphatic heterocycles. The summed E-state index contributed by atoms with van der Waals surface area (Å²) in [5.74, 6) is 0.427. The molecule has 0 saturated carbocycles. The van der Waals surface area contributed by atoms with Crippen molar-refractivity contribution in [2.24, 2.45) is 5.92 Å². The van der Waals surface area contributed by atoms with E-state index in [0.717, 1.165) is 24.1 Å². The van der Waals surface area contributed by atoms with E-state index in [1.54, 1.807) is 7.11 Å². The van der Waals surface area contributed by atoms with Crippen molar-refractivity contribution >= 4 is 17.5 Å². The topological polar surface area (TPSA) is 58.6 Å². The lowest BCUT2D eigenvalue weighted by molar-refractivity contribution is -0.142. The van der Waals surface area contributed by atoms with Gasteiger partial charge in [0.1, 0.15) is 5.75 Å². The normalized spacial score (nSPS) is 19.4. The van der Waals surface area contributed by atoms with E-state index in [2.05, 4.69) is 12.2 Å². The third-order valence-electron chi connectivity index (χ3n) is 5.29. The van der Waals surface area contributed by atoms with Crippen LogP contribution in [-0.2, 0) is 9.59 Å². The van der Waals surface area contributed by atoms with Gasteiger partial charge in [-0.2, -0.15) is 0 Å². The first-order valence-corrected chi connectivity index (χ1v) is 9.94. The molecule has 2 aromatic rings. The first kappa shape index (κ1) is 19.9. The van der Waals surface area contributed by atoms with Gasteiger partial charge in [0.2, 0.25) is 11.8 Å². The largest absolute Gasteiger partial charge is 0.496 e. The molecule has 1 N–H and O–H groups in total. The number of ether oxygens (including phenoxy) is 1. The summed E-state index contributed by atoms with van der Waals surface area (Å²) >= 11 is 0. The minimum atomic E-state index is -0.328. The maximum absolute atomic E-state index is 13.2. The Morgan fingerprint density at radius 2 is 1.86 bits per heavy atom. The molecule has 0 aromatic heterocycles. The van der Waals surface area contributed by atoms with E-state index in [4.69, 9.17) is 4.74 Å². The Morgan fingerprint density at radius 3 is 2.57 bits per heavy atom. The van der Waals surface area contributed by atoms with Crippen LogP contribution in [0.2, 0.25) is 0 Å². The standard InChI is InChI=1S/C23H28N2O3/c1-3-4-16-25-21(26)15-14-19(23(27)24-17-10-6-5-7-11-17)22(25)18-12-8-9-13-20(18)28-2/h5-13,19,22H,3-4,14-16H2,1-2H3,(H,24,27)/t19-,22-/m1/s1. The molecule has 28 heavy (non-hydrogen) atoms. The number of rotatable bonds is 7. The van der Waals surface area contributed by atoms with Gasteiger partial charge >= 0.3 is 0 Å². The minimum Gasteiger partial charge on any atom is -0.496 e. The number of hydrogen-bond donors (Lipinski definition) is 1. The Kier molecular flexibility index (Phi) is 6.69. The molecule has 5 nitrogen and oxygen atoms in total. The smallest absolute Gasteiger partial charge is 0.229 e. The molecule has 148 valence electrons. The molecule has 0 spiro atoms. The number of anilines is 1. The Morgan fingerprint density at radius 1 is 1.14 bits per heavy atom. The number of methoxy groups -OCH3 is 1. The number of likely N-dealkylation sites (tertiary alicyclic amines) is 1. The van der Waals surface area contributed by atoms with Crippen LogP contribution < -0.4 is 10.1 Å². The maximum atomic E-state index is 13.2. The van der Waals surface area contributed by atoms with Crippen molar-refractivity contribution < 1.29 is 14.3 Å². The summed E-state index contributed by atoms with van der Waals surface area (Å²) in [6.45, 7) is 2.75. The van der Waals surface area contributed by atoms with E-state index >= 15 is 0 Å². The quantitative estimate of drug-likeness (QED) is 0.774. The molecule has 2 atom stereocenters. The van der Waals surface area contributed by atoms with Crippen LogP contribution in [0.4, 0.5) is 5.69 Å². The molecule has 2 amide bonds. The van der Waals surface area contributed by atoms with Gasteiger partial charge in [0, 0.05) is 24.2 Å². The van der Waals surface area contributed by atoms with Crippen molar-refractivity contribution in [3.05, 3.63) is 60.2 Å². The lowest BCUT2D eigenvalue weighted by atomic mass is 9.83. The van der Waals surface area contributed by atoms with Gasteiger partial charge in [0.15, 0.2) is 0 Å². The zero-order chi connectivity index (χ0) is 19.9. The van der Waals surface area contributed by atoms with Crippen LogP contribution in [0.5, 0.6) is 5.75 Å². The van der Waals surface area contributed by atoms with Crippen molar-refractivity contribution in [1.82, 2.24) is 4.90 Å². The summed E-state index contributed by atoms with van der Waals surface area (Å²) < 4.78 is 5.56. The van der Waals surface area contributed by atoms with Crippen LogP contribution in [0.15, 0.2) is 54.6 Å². The number of unbranched alkanes of at least 4 members (excludes halogenated alkanes) is 1. The Balaban J connectivity index is 1.96. The van der Waals surface area contributed by atoms with Crippen LogP contribution in [-0.4, -0.2) is 30.4 Å².